The lowest BCUT2D eigenvalue weighted by Crippen LogP contribution is -2.50. The highest BCUT2D eigenvalue weighted by atomic mass is 16.5. The monoisotopic (exact) mass is 661 g/mol. The van der Waals surface area contributed by atoms with Gasteiger partial charge < -0.3 is 4.74 Å². The van der Waals surface area contributed by atoms with Crippen molar-refractivity contribution in [3.8, 4) is 0 Å². The number of carbonyl (C=O) groups is 1. The highest BCUT2D eigenvalue weighted by molar-refractivity contribution is 5.69. The number of rotatable bonds is 19. The zero-order chi connectivity index (χ0) is 34.6. The van der Waals surface area contributed by atoms with Gasteiger partial charge in [0.2, 0.25) is 0 Å². The fourth-order valence-corrected chi connectivity index (χ4v) is 10.5. The topological polar surface area (TPSA) is 26.3 Å². The summed E-state index contributed by atoms with van der Waals surface area (Å²) in [6.45, 7) is 17.1. The number of allylic oxidation sites excluding steroid dienone is 8. The summed E-state index contributed by atoms with van der Waals surface area (Å²) in [6.07, 6.45) is 41.2. The van der Waals surface area contributed by atoms with Crippen molar-refractivity contribution >= 4 is 5.97 Å². The van der Waals surface area contributed by atoms with E-state index in [1.807, 2.05) is 5.57 Å². The molecule has 0 saturated heterocycles. The van der Waals surface area contributed by atoms with Crippen LogP contribution in [0.3, 0.4) is 0 Å². The van der Waals surface area contributed by atoms with Crippen LogP contribution in [0, 0.1) is 52.3 Å². The molecular weight excluding hydrogens is 585 g/mol. The third-order valence-corrected chi connectivity index (χ3v) is 14.1. The summed E-state index contributed by atoms with van der Waals surface area (Å²) in [6, 6.07) is 0. The lowest BCUT2D eigenvalue weighted by atomic mass is 9.47. The van der Waals surface area contributed by atoms with E-state index in [1.165, 1.54) is 89.9 Å². The molecule has 4 rings (SSSR count). The first-order valence-corrected chi connectivity index (χ1v) is 21.0. The molecule has 0 aromatic carbocycles. The molecule has 272 valence electrons. The predicted molar refractivity (Wildman–Crippen MR) is 207 cm³/mol. The second-order valence-corrected chi connectivity index (χ2v) is 17.7. The molecule has 0 heterocycles. The molecule has 0 radical (unpaired) electrons. The highest BCUT2D eigenvalue weighted by Gasteiger charge is 2.58. The minimum atomic E-state index is 0.0534. The van der Waals surface area contributed by atoms with E-state index in [-0.39, 0.29) is 12.1 Å². The van der Waals surface area contributed by atoms with Crippen molar-refractivity contribution in [3.63, 3.8) is 0 Å². The molecule has 0 spiro atoms. The molecule has 9 atom stereocenters. The van der Waals surface area contributed by atoms with Crippen LogP contribution in [0.2, 0.25) is 0 Å². The number of esters is 1. The van der Waals surface area contributed by atoms with Crippen molar-refractivity contribution in [2.45, 2.75) is 183 Å². The van der Waals surface area contributed by atoms with Crippen molar-refractivity contribution in [2.24, 2.45) is 52.3 Å². The summed E-state index contributed by atoms with van der Waals surface area (Å²) in [4.78, 5) is 12.8. The van der Waals surface area contributed by atoms with Crippen molar-refractivity contribution < 1.29 is 9.53 Å². The Morgan fingerprint density at radius 2 is 1.48 bits per heavy atom. The zero-order valence-corrected chi connectivity index (χ0v) is 32.6. The highest BCUT2D eigenvalue weighted by Crippen LogP contribution is 2.67. The van der Waals surface area contributed by atoms with Gasteiger partial charge in [-0.2, -0.15) is 0 Å². The van der Waals surface area contributed by atoms with Gasteiger partial charge >= 0.3 is 5.97 Å². The average molecular weight is 661 g/mol. The number of ether oxygens (including phenoxy) is 1. The normalized spacial score (nSPS) is 33.2. The second-order valence-electron chi connectivity index (χ2n) is 17.7. The van der Waals surface area contributed by atoms with Crippen LogP contribution in [0.25, 0.3) is 0 Å². The van der Waals surface area contributed by atoms with Crippen LogP contribution >= 0.6 is 0 Å². The summed E-state index contributed by atoms with van der Waals surface area (Å²) in [7, 11) is 0. The summed E-state index contributed by atoms with van der Waals surface area (Å²) in [5, 5.41) is 0. The minimum absolute atomic E-state index is 0.0534. The molecule has 0 unspecified atom stereocenters. The molecule has 0 N–H and O–H groups in total. The molecule has 0 bridgehead atoms. The largest absolute Gasteiger partial charge is 0.462 e. The Morgan fingerprint density at radius 1 is 0.812 bits per heavy atom. The Hall–Kier alpha value is -1.57. The van der Waals surface area contributed by atoms with E-state index in [0.717, 1.165) is 49.9 Å². The Kier molecular flexibility index (Phi) is 15.6. The van der Waals surface area contributed by atoms with Gasteiger partial charge in [0, 0.05) is 6.42 Å². The maximum Gasteiger partial charge on any atom is 0.306 e. The predicted octanol–water partition coefficient (Wildman–Crippen LogP) is 13.8. The maximum absolute atomic E-state index is 12.8. The fourth-order valence-electron chi connectivity index (χ4n) is 10.5. The van der Waals surface area contributed by atoms with Crippen LogP contribution in [0.4, 0.5) is 0 Å². The molecule has 4 aliphatic carbocycles. The smallest absolute Gasteiger partial charge is 0.306 e. The second kappa shape index (κ2) is 19.2. The molecule has 0 aromatic rings. The van der Waals surface area contributed by atoms with Gasteiger partial charge in [-0.1, -0.05) is 129 Å². The Balaban J connectivity index is 1.15. The van der Waals surface area contributed by atoms with Crippen LogP contribution in [-0.4, -0.2) is 12.1 Å². The van der Waals surface area contributed by atoms with Gasteiger partial charge in [0.15, 0.2) is 0 Å². The Morgan fingerprint density at radius 3 is 2.21 bits per heavy atom. The summed E-state index contributed by atoms with van der Waals surface area (Å²) in [5.74, 6) is 5.07. The first-order valence-electron chi connectivity index (χ1n) is 21.0. The number of hydrogen-bond donors (Lipinski definition) is 0. The molecular formula is C46H76O2. The molecule has 3 saturated carbocycles. The summed E-state index contributed by atoms with van der Waals surface area (Å²) in [5.41, 5.74) is 2.67. The standard InChI is InChI=1S/C46H76O2/c1-8-9-10-11-12-13-14-15-16-17-18-19-20-21-22-23-44(47)48-39-30-32-45(6)38(34-39)26-27-40-42-29-28-41(46(42,7)33-31-43(40)45)37(5)25-24-36(4)35(2)3/h12-13,15-16,24-25,27,35-39,41-43H,8-11,14,17-23,26,28-34H2,1-7H3/b13-12-,16-15-,25-24+/t36-,37-,38+,39-,41+,42-,43-,45-,46+/m0/s1. The van der Waals surface area contributed by atoms with E-state index < -0.39 is 0 Å². The number of fused-ring (bicyclic) bond motifs is 5. The van der Waals surface area contributed by atoms with Crippen molar-refractivity contribution in [1.29, 1.82) is 0 Å². The average Bonchev–Trinajstić information content (AvgIpc) is 3.42. The number of carbonyl (C=O) groups excluding carboxylic acids is 1. The van der Waals surface area contributed by atoms with E-state index in [4.69, 9.17) is 4.74 Å². The number of unbranched alkanes of at least 4 members (excludes halogenated alkanes) is 8. The Labute approximate surface area is 298 Å². The molecule has 0 amide bonds. The lowest BCUT2D eigenvalue weighted by Gasteiger charge is -2.58. The van der Waals surface area contributed by atoms with E-state index >= 15 is 0 Å². The third kappa shape index (κ3) is 10.2. The molecule has 2 nitrogen and oxygen atoms in total. The molecule has 0 aliphatic heterocycles. The van der Waals surface area contributed by atoms with Gasteiger partial charge in [-0.05, 0) is 142 Å². The fraction of sp³-hybridized carbons (Fsp3) is 0.804. The van der Waals surface area contributed by atoms with Gasteiger partial charge in [0.1, 0.15) is 6.10 Å². The van der Waals surface area contributed by atoms with Crippen molar-refractivity contribution in [2.75, 3.05) is 0 Å². The lowest BCUT2D eigenvalue weighted by molar-refractivity contribution is -0.155. The first kappa shape index (κ1) is 39.2. The van der Waals surface area contributed by atoms with Crippen LogP contribution in [0.15, 0.2) is 48.1 Å². The molecule has 3 fully saturated rings. The van der Waals surface area contributed by atoms with Gasteiger partial charge in [-0.3, -0.25) is 4.79 Å². The first-order chi connectivity index (χ1) is 23.1. The van der Waals surface area contributed by atoms with Crippen LogP contribution in [0.5, 0.6) is 0 Å². The SMILES string of the molecule is CCCCC/C=C\C/C=C\CCCCCCCC(=O)O[C@H]1CC[C@@]2(C)[C@H](CC=C3[C@@H]2CC[C@]2(C)[C@@H]([C@@H](C)/C=C/[C@H](C)C(C)C)CC[C@@H]32)C1. The van der Waals surface area contributed by atoms with Crippen molar-refractivity contribution in [1.82, 2.24) is 0 Å². The van der Waals surface area contributed by atoms with Gasteiger partial charge in [-0.25, -0.2) is 0 Å². The van der Waals surface area contributed by atoms with E-state index in [9.17, 15) is 4.79 Å². The minimum Gasteiger partial charge on any atom is -0.462 e. The van der Waals surface area contributed by atoms with E-state index in [0.29, 0.717) is 40.9 Å². The molecule has 4 aliphatic rings. The molecule has 2 heteroatoms. The molecule has 48 heavy (non-hydrogen) atoms. The Bertz CT molecular complexity index is 1090. The van der Waals surface area contributed by atoms with E-state index in [1.54, 1.807) is 0 Å². The maximum atomic E-state index is 12.8. The number of hydrogen-bond acceptors (Lipinski definition) is 2. The van der Waals surface area contributed by atoms with E-state index in [2.05, 4.69) is 91.0 Å². The van der Waals surface area contributed by atoms with Gasteiger partial charge in [-0.15, -0.1) is 0 Å². The third-order valence-electron chi connectivity index (χ3n) is 14.1. The molecule has 0 aromatic heterocycles. The van der Waals surface area contributed by atoms with Gasteiger partial charge in [0.05, 0.1) is 0 Å². The zero-order valence-electron chi connectivity index (χ0n) is 32.6. The van der Waals surface area contributed by atoms with Crippen molar-refractivity contribution in [3.05, 3.63) is 48.1 Å². The summed E-state index contributed by atoms with van der Waals surface area (Å²) < 4.78 is 6.14. The van der Waals surface area contributed by atoms with Crippen LogP contribution < -0.4 is 0 Å². The quantitative estimate of drug-likeness (QED) is 0.0783. The van der Waals surface area contributed by atoms with Crippen LogP contribution in [0.1, 0.15) is 177 Å². The van der Waals surface area contributed by atoms with Crippen LogP contribution in [-0.2, 0) is 9.53 Å². The summed E-state index contributed by atoms with van der Waals surface area (Å²) >= 11 is 0. The van der Waals surface area contributed by atoms with Gasteiger partial charge in [0.25, 0.3) is 0 Å².